The van der Waals surface area contributed by atoms with Crippen LogP contribution in [0.25, 0.3) is 22.8 Å². The summed E-state index contributed by atoms with van der Waals surface area (Å²) in [6.45, 7) is -1.35. The Morgan fingerprint density at radius 3 is 2.54 bits per heavy atom. The van der Waals surface area contributed by atoms with Crippen molar-refractivity contribution in [3.05, 3.63) is 47.7 Å². The molecule has 5 nitrogen and oxygen atoms in total. The lowest BCUT2D eigenvalue weighted by Gasteiger charge is -2.08. The molecule has 124 valence electrons. The van der Waals surface area contributed by atoms with Crippen LogP contribution in [0.1, 0.15) is 0 Å². The van der Waals surface area contributed by atoms with E-state index in [1.54, 1.807) is 12.1 Å². The van der Waals surface area contributed by atoms with Crippen LogP contribution in [0.3, 0.4) is 0 Å². The number of hydrogen-bond acceptors (Lipinski definition) is 5. The third-order valence-corrected chi connectivity index (χ3v) is 3.23. The molecule has 0 atom stereocenters. The lowest BCUT2D eigenvalue weighted by atomic mass is 10.2. The van der Waals surface area contributed by atoms with Crippen LogP contribution in [0, 0.1) is 0 Å². The third kappa shape index (κ3) is 3.83. The Morgan fingerprint density at radius 1 is 1.12 bits per heavy atom. The van der Waals surface area contributed by atoms with Gasteiger partial charge >= 0.3 is 6.18 Å². The number of benzene rings is 1. The Hall–Kier alpha value is -2.61. The van der Waals surface area contributed by atoms with E-state index in [1.807, 2.05) is 0 Å². The Morgan fingerprint density at radius 2 is 1.88 bits per heavy atom. The van der Waals surface area contributed by atoms with Crippen molar-refractivity contribution in [2.24, 2.45) is 0 Å². The average Bonchev–Trinajstić information content (AvgIpc) is 3.03. The Labute approximate surface area is 139 Å². The molecule has 2 aromatic heterocycles. The molecule has 0 aliphatic rings. The van der Waals surface area contributed by atoms with E-state index in [-0.39, 0.29) is 22.6 Å². The summed E-state index contributed by atoms with van der Waals surface area (Å²) in [6, 6.07) is 9.20. The van der Waals surface area contributed by atoms with Gasteiger partial charge in [-0.3, -0.25) is 0 Å². The van der Waals surface area contributed by atoms with Gasteiger partial charge in [0.05, 0.1) is 5.56 Å². The predicted octanol–water partition coefficient (Wildman–Crippen LogP) is 4.39. The molecule has 0 radical (unpaired) electrons. The van der Waals surface area contributed by atoms with E-state index >= 15 is 0 Å². The van der Waals surface area contributed by atoms with Crippen LogP contribution < -0.4 is 4.74 Å². The normalized spacial score (nSPS) is 11.5. The number of rotatable bonds is 4. The summed E-state index contributed by atoms with van der Waals surface area (Å²) < 4.78 is 46.1. The fourth-order valence-corrected chi connectivity index (χ4v) is 2.07. The summed E-state index contributed by atoms with van der Waals surface area (Å²) in [4.78, 5) is 8.13. The molecule has 0 aliphatic heterocycles. The second-order valence-electron chi connectivity index (χ2n) is 4.69. The van der Waals surface area contributed by atoms with Crippen molar-refractivity contribution in [1.29, 1.82) is 0 Å². The number of hydrogen-bond donors (Lipinski definition) is 0. The summed E-state index contributed by atoms with van der Waals surface area (Å²) in [5.74, 6) is 0.555. The van der Waals surface area contributed by atoms with E-state index in [1.165, 1.54) is 30.5 Å². The van der Waals surface area contributed by atoms with Crippen LogP contribution in [0.15, 0.2) is 47.1 Å². The molecule has 1 aromatic carbocycles. The summed E-state index contributed by atoms with van der Waals surface area (Å²) in [7, 11) is 0. The quantitative estimate of drug-likeness (QED) is 0.649. The fourth-order valence-electron chi connectivity index (χ4n) is 1.86. The standard InChI is InChI=1S/C15H9ClF3N3O2/c16-12-11(2-1-7-20-12)13-21-14(24-22-13)9-3-5-10(6-4-9)23-8-15(17,18)19/h1-7H,8H2. The first-order chi connectivity index (χ1) is 11.4. The smallest absolute Gasteiger partial charge is 0.422 e. The molecular formula is C15H9ClF3N3O2. The first-order valence-electron chi connectivity index (χ1n) is 6.67. The minimum absolute atomic E-state index is 0.0890. The van der Waals surface area contributed by atoms with E-state index in [2.05, 4.69) is 19.9 Å². The lowest BCUT2D eigenvalue weighted by Crippen LogP contribution is -2.19. The van der Waals surface area contributed by atoms with Crippen molar-refractivity contribution in [1.82, 2.24) is 15.1 Å². The van der Waals surface area contributed by atoms with Gasteiger partial charge in [-0.2, -0.15) is 18.2 Å². The highest BCUT2D eigenvalue weighted by molar-refractivity contribution is 6.31. The van der Waals surface area contributed by atoms with E-state index in [4.69, 9.17) is 16.1 Å². The summed E-state index contributed by atoms with van der Waals surface area (Å²) >= 11 is 5.97. The zero-order chi connectivity index (χ0) is 17.2. The van der Waals surface area contributed by atoms with Crippen molar-refractivity contribution in [3.8, 4) is 28.6 Å². The number of aromatic nitrogens is 3. The molecule has 0 amide bonds. The van der Waals surface area contributed by atoms with E-state index < -0.39 is 12.8 Å². The van der Waals surface area contributed by atoms with Crippen molar-refractivity contribution < 1.29 is 22.4 Å². The zero-order valence-electron chi connectivity index (χ0n) is 11.9. The monoisotopic (exact) mass is 355 g/mol. The molecule has 0 unspecified atom stereocenters. The Bertz CT molecular complexity index is 834. The third-order valence-electron chi connectivity index (χ3n) is 2.93. The van der Waals surface area contributed by atoms with Gasteiger partial charge in [-0.1, -0.05) is 16.8 Å². The molecule has 0 fully saturated rings. The minimum Gasteiger partial charge on any atom is -0.484 e. The molecule has 0 saturated carbocycles. The SMILES string of the molecule is FC(F)(F)COc1ccc(-c2nc(-c3cccnc3Cl)no2)cc1. The minimum atomic E-state index is -4.39. The molecule has 0 N–H and O–H groups in total. The second kappa shape index (κ2) is 6.48. The topological polar surface area (TPSA) is 61.0 Å². The Balaban J connectivity index is 1.77. The molecule has 0 bridgehead atoms. The molecule has 0 saturated heterocycles. The van der Waals surface area contributed by atoms with Crippen molar-refractivity contribution >= 4 is 11.6 Å². The van der Waals surface area contributed by atoms with Gasteiger partial charge in [0.2, 0.25) is 5.82 Å². The zero-order valence-corrected chi connectivity index (χ0v) is 12.7. The fraction of sp³-hybridized carbons (Fsp3) is 0.133. The highest BCUT2D eigenvalue weighted by Crippen LogP contribution is 2.27. The highest BCUT2D eigenvalue weighted by Gasteiger charge is 2.28. The van der Waals surface area contributed by atoms with Crippen LogP contribution in [0.2, 0.25) is 5.15 Å². The van der Waals surface area contributed by atoms with Gasteiger partial charge < -0.3 is 9.26 Å². The van der Waals surface area contributed by atoms with Crippen LogP contribution in [-0.4, -0.2) is 27.9 Å². The molecule has 2 heterocycles. The number of alkyl halides is 3. The van der Waals surface area contributed by atoms with Gasteiger partial charge in [0.15, 0.2) is 6.61 Å². The molecular weight excluding hydrogens is 347 g/mol. The predicted molar refractivity (Wildman–Crippen MR) is 79.5 cm³/mol. The lowest BCUT2D eigenvalue weighted by molar-refractivity contribution is -0.153. The van der Waals surface area contributed by atoms with E-state index in [0.29, 0.717) is 11.1 Å². The maximum atomic E-state index is 12.1. The second-order valence-corrected chi connectivity index (χ2v) is 5.05. The molecule has 9 heteroatoms. The Kier molecular flexibility index (Phi) is 4.39. The largest absolute Gasteiger partial charge is 0.484 e. The number of pyridine rings is 1. The van der Waals surface area contributed by atoms with Crippen molar-refractivity contribution in [2.75, 3.05) is 6.61 Å². The van der Waals surface area contributed by atoms with Gasteiger partial charge in [0.1, 0.15) is 10.9 Å². The maximum Gasteiger partial charge on any atom is 0.422 e. The molecule has 0 aliphatic carbocycles. The van der Waals surface area contributed by atoms with Crippen molar-refractivity contribution in [2.45, 2.75) is 6.18 Å². The first kappa shape index (κ1) is 16.3. The van der Waals surface area contributed by atoms with Crippen LogP contribution in [-0.2, 0) is 0 Å². The van der Waals surface area contributed by atoms with Gasteiger partial charge in [-0.15, -0.1) is 0 Å². The van der Waals surface area contributed by atoms with Gasteiger partial charge in [0.25, 0.3) is 5.89 Å². The summed E-state index contributed by atoms with van der Waals surface area (Å²) in [5.41, 5.74) is 1.05. The van der Waals surface area contributed by atoms with Gasteiger partial charge in [-0.05, 0) is 36.4 Å². The maximum absolute atomic E-state index is 12.1. The number of nitrogens with zero attached hydrogens (tertiary/aromatic N) is 3. The van der Waals surface area contributed by atoms with Gasteiger partial charge in [0, 0.05) is 11.8 Å². The molecule has 24 heavy (non-hydrogen) atoms. The average molecular weight is 356 g/mol. The van der Waals surface area contributed by atoms with Crippen molar-refractivity contribution in [3.63, 3.8) is 0 Å². The first-order valence-corrected chi connectivity index (χ1v) is 7.05. The van der Waals surface area contributed by atoms with Crippen LogP contribution in [0.5, 0.6) is 5.75 Å². The van der Waals surface area contributed by atoms with Gasteiger partial charge in [-0.25, -0.2) is 4.98 Å². The molecule has 3 aromatic rings. The van der Waals surface area contributed by atoms with Crippen LogP contribution >= 0.6 is 11.6 Å². The highest BCUT2D eigenvalue weighted by atomic mass is 35.5. The number of ether oxygens (including phenoxy) is 1. The molecule has 0 spiro atoms. The summed E-state index contributed by atoms with van der Waals surface area (Å²) in [6.07, 6.45) is -2.85. The van der Waals surface area contributed by atoms with E-state index in [0.717, 1.165) is 0 Å². The number of halogens is 4. The summed E-state index contributed by atoms with van der Waals surface area (Å²) in [5, 5.41) is 4.06. The molecule has 3 rings (SSSR count). The van der Waals surface area contributed by atoms with Crippen LogP contribution in [0.4, 0.5) is 13.2 Å². The van der Waals surface area contributed by atoms with E-state index in [9.17, 15) is 13.2 Å².